The Bertz CT molecular complexity index is 3450. The summed E-state index contributed by atoms with van der Waals surface area (Å²) in [6.45, 7) is 2.18. The van der Waals surface area contributed by atoms with Gasteiger partial charge in [-0.05, 0) is 113 Å². The molecule has 0 radical (unpaired) electrons. The van der Waals surface area contributed by atoms with Crippen molar-refractivity contribution in [1.29, 1.82) is 0 Å². The largest absolute Gasteiger partial charge is 0.258 e. The number of fused-ring (bicyclic) bond motifs is 16. The molecule has 0 fully saturated rings. The summed E-state index contributed by atoms with van der Waals surface area (Å²) in [5.41, 5.74) is 16.8. The number of rotatable bonds is 3. The highest BCUT2D eigenvalue weighted by atomic mass is 14.8. The molecule has 1 aromatic heterocycles. The van der Waals surface area contributed by atoms with Gasteiger partial charge in [0.2, 0.25) is 0 Å². The molecule has 280 valence electrons. The van der Waals surface area contributed by atoms with E-state index in [1.54, 1.807) is 0 Å². The highest BCUT2D eigenvalue weighted by Gasteiger charge is 2.53. The van der Waals surface area contributed by atoms with Crippen molar-refractivity contribution in [3.05, 3.63) is 215 Å². The Labute approximate surface area is 349 Å². The first kappa shape index (κ1) is 34.4. The third-order valence-corrected chi connectivity index (χ3v) is 13.1. The first-order chi connectivity index (χ1) is 29.6. The van der Waals surface area contributed by atoms with Crippen LogP contribution < -0.4 is 0 Å². The van der Waals surface area contributed by atoms with E-state index in [9.17, 15) is 0 Å². The summed E-state index contributed by atoms with van der Waals surface area (Å²) < 4.78 is 0. The maximum Gasteiger partial charge on any atom is 0.0967 e. The van der Waals surface area contributed by atoms with Gasteiger partial charge in [-0.1, -0.05) is 169 Å². The highest BCUT2D eigenvalue weighted by molar-refractivity contribution is 6.26. The van der Waals surface area contributed by atoms with Gasteiger partial charge in [0.25, 0.3) is 0 Å². The van der Waals surface area contributed by atoms with E-state index in [0.717, 1.165) is 45.4 Å². The van der Waals surface area contributed by atoms with Crippen LogP contribution in [0.1, 0.15) is 45.5 Å². The summed E-state index contributed by atoms with van der Waals surface area (Å²) in [7, 11) is 0. The van der Waals surface area contributed by atoms with Gasteiger partial charge in [0, 0.05) is 35.7 Å². The SMILES string of the molecule is C#CC=C1/C(=C\Cc2ccc3ccc4c(c3n2)N=CCC=C4)c2c(-c3ccc4c5ccc(C)cc5c5ccccc5c4c3)cccc2C12c1ccccc1-c1ccccc12. The van der Waals surface area contributed by atoms with Gasteiger partial charge in [0.1, 0.15) is 0 Å². The molecule has 0 atom stereocenters. The Morgan fingerprint density at radius 3 is 2.10 bits per heavy atom. The number of terminal acetylenes is 1. The Hall–Kier alpha value is -7.60. The number of benzene rings is 8. The quantitative estimate of drug-likeness (QED) is 0.130. The van der Waals surface area contributed by atoms with E-state index < -0.39 is 5.41 Å². The molecular weight excluding hydrogens is 725 g/mol. The molecule has 1 spiro atoms. The smallest absolute Gasteiger partial charge is 0.0967 e. The molecule has 2 nitrogen and oxygen atoms in total. The minimum atomic E-state index is -0.594. The summed E-state index contributed by atoms with van der Waals surface area (Å²) in [5, 5.41) is 8.71. The molecule has 0 bridgehead atoms. The van der Waals surface area contributed by atoms with Crippen molar-refractivity contribution < 1.29 is 0 Å². The summed E-state index contributed by atoms with van der Waals surface area (Å²) in [6.07, 6.45) is 18.5. The van der Waals surface area contributed by atoms with Crippen molar-refractivity contribution in [1.82, 2.24) is 4.98 Å². The van der Waals surface area contributed by atoms with Crippen LogP contribution in [0.2, 0.25) is 0 Å². The monoisotopic (exact) mass is 762 g/mol. The third kappa shape index (κ3) is 4.84. The normalized spacial score (nSPS) is 15.8. The molecule has 0 N–H and O–H groups in total. The average Bonchev–Trinajstić information content (AvgIpc) is 3.60. The molecule has 2 heterocycles. The topological polar surface area (TPSA) is 25.2 Å². The van der Waals surface area contributed by atoms with Crippen LogP contribution in [0.15, 0.2) is 180 Å². The van der Waals surface area contributed by atoms with E-state index in [-0.39, 0.29) is 0 Å². The van der Waals surface area contributed by atoms with E-state index in [2.05, 4.69) is 183 Å². The Morgan fingerprint density at radius 1 is 0.650 bits per heavy atom. The number of nitrogens with zero attached hydrogens (tertiary/aromatic N) is 2. The van der Waals surface area contributed by atoms with Crippen LogP contribution in [0, 0.1) is 19.3 Å². The number of hydrogen-bond acceptors (Lipinski definition) is 2. The second-order valence-corrected chi connectivity index (χ2v) is 16.3. The van der Waals surface area contributed by atoms with Crippen LogP contribution in [0.3, 0.4) is 0 Å². The predicted octanol–water partition coefficient (Wildman–Crippen LogP) is 14.3. The minimum absolute atomic E-state index is 0.594. The van der Waals surface area contributed by atoms with Crippen LogP contribution in [-0.4, -0.2) is 11.2 Å². The molecule has 2 aliphatic carbocycles. The van der Waals surface area contributed by atoms with Gasteiger partial charge in [-0.25, -0.2) is 0 Å². The maximum atomic E-state index is 6.38. The van der Waals surface area contributed by atoms with Gasteiger partial charge >= 0.3 is 0 Å². The molecule has 12 rings (SSSR count). The van der Waals surface area contributed by atoms with Gasteiger partial charge in [-0.2, -0.15) is 0 Å². The van der Waals surface area contributed by atoms with Crippen molar-refractivity contribution in [2.24, 2.45) is 4.99 Å². The molecule has 8 aromatic carbocycles. The lowest BCUT2D eigenvalue weighted by Gasteiger charge is -2.30. The Kier molecular flexibility index (Phi) is 7.59. The molecular formula is C58H38N2. The van der Waals surface area contributed by atoms with Gasteiger partial charge in [-0.3, -0.25) is 9.98 Å². The molecule has 2 heteroatoms. The van der Waals surface area contributed by atoms with Crippen molar-refractivity contribution >= 4 is 66.8 Å². The summed E-state index contributed by atoms with van der Waals surface area (Å²) in [5.74, 6) is 3.03. The van der Waals surface area contributed by atoms with Gasteiger partial charge in [-0.15, -0.1) is 6.42 Å². The van der Waals surface area contributed by atoms with E-state index in [0.29, 0.717) is 6.42 Å². The lowest BCUT2D eigenvalue weighted by atomic mass is 9.70. The summed E-state index contributed by atoms with van der Waals surface area (Å²) >= 11 is 0. The second kappa shape index (κ2) is 13.2. The van der Waals surface area contributed by atoms with E-state index >= 15 is 0 Å². The zero-order valence-electron chi connectivity index (χ0n) is 33.2. The lowest BCUT2D eigenvalue weighted by Crippen LogP contribution is -2.26. The summed E-state index contributed by atoms with van der Waals surface area (Å²) in [6, 6.07) is 56.1. The number of pyridine rings is 1. The van der Waals surface area contributed by atoms with Gasteiger partial charge < -0.3 is 0 Å². The number of aromatic nitrogens is 1. The van der Waals surface area contributed by atoms with Crippen molar-refractivity contribution in [3.63, 3.8) is 0 Å². The maximum absolute atomic E-state index is 6.38. The highest BCUT2D eigenvalue weighted by Crippen LogP contribution is 2.65. The standard InChI is InChI=1S/C58H38N2/c1-3-13-51-48(32-29-40-28-26-38-25-24-37-14-10-11-33-59-56(37)57(38)60-40)55-41(19-12-22-54(55)58(51)52-20-8-6-17-46(52)47-18-7-9-21-53(47)58)39-27-31-45-44-30-23-36(2)34-49(44)42-15-4-5-16-43(42)50(45)35-39/h1,4-10,12-28,30-35H,11,29H2,2H3/b48-32+,51-13?. The minimum Gasteiger partial charge on any atom is -0.258 e. The first-order valence-electron chi connectivity index (χ1n) is 20.8. The van der Waals surface area contributed by atoms with E-state index in [1.807, 2.05) is 12.3 Å². The van der Waals surface area contributed by atoms with E-state index in [1.165, 1.54) is 82.4 Å². The molecule has 9 aromatic rings. The second-order valence-electron chi connectivity index (χ2n) is 16.3. The van der Waals surface area contributed by atoms with E-state index in [4.69, 9.17) is 16.4 Å². The number of aliphatic imine (C=N–C) groups is 1. The molecule has 0 saturated heterocycles. The fourth-order valence-electron chi connectivity index (χ4n) is 10.6. The molecule has 60 heavy (non-hydrogen) atoms. The van der Waals surface area contributed by atoms with Crippen LogP contribution >= 0.6 is 0 Å². The fourth-order valence-corrected chi connectivity index (χ4v) is 10.6. The zero-order chi connectivity index (χ0) is 40.0. The number of hydrogen-bond donors (Lipinski definition) is 0. The number of aryl methyl sites for hydroxylation is 1. The molecule has 3 aliphatic rings. The van der Waals surface area contributed by atoms with Crippen LogP contribution in [0.25, 0.3) is 77.1 Å². The van der Waals surface area contributed by atoms with Crippen molar-refractivity contribution in [3.8, 4) is 34.6 Å². The molecule has 0 unspecified atom stereocenters. The van der Waals surface area contributed by atoms with Crippen molar-refractivity contribution in [2.45, 2.75) is 25.2 Å². The van der Waals surface area contributed by atoms with Gasteiger partial charge in [0.15, 0.2) is 0 Å². The summed E-state index contributed by atoms with van der Waals surface area (Å²) in [4.78, 5) is 10.2. The van der Waals surface area contributed by atoms with Crippen molar-refractivity contribution in [2.75, 3.05) is 0 Å². The van der Waals surface area contributed by atoms with Crippen LogP contribution in [0.4, 0.5) is 5.69 Å². The molecule has 1 aliphatic heterocycles. The zero-order valence-corrected chi connectivity index (χ0v) is 33.2. The van der Waals surface area contributed by atoms with Gasteiger partial charge in [0.05, 0.1) is 16.6 Å². The van der Waals surface area contributed by atoms with Crippen LogP contribution in [0.5, 0.6) is 0 Å². The fraction of sp³-hybridized carbons (Fsp3) is 0.0690. The molecule has 0 saturated carbocycles. The van der Waals surface area contributed by atoms with Crippen LogP contribution in [-0.2, 0) is 11.8 Å². The number of allylic oxidation sites excluding steroid dienone is 5. The predicted molar refractivity (Wildman–Crippen MR) is 253 cm³/mol. The first-order valence-corrected chi connectivity index (χ1v) is 20.8. The Balaban J connectivity index is 1.13. The lowest BCUT2D eigenvalue weighted by molar-refractivity contribution is 0.795. The Morgan fingerprint density at radius 2 is 1.32 bits per heavy atom. The average molecular weight is 763 g/mol. The third-order valence-electron chi connectivity index (χ3n) is 13.1. The molecule has 0 amide bonds.